The quantitative estimate of drug-likeness (QED) is 0.231. The third kappa shape index (κ3) is 4.68. The van der Waals surface area contributed by atoms with E-state index in [2.05, 4.69) is 16.7 Å². The largest absolute Gasteiger partial charge is 0.497 e. The van der Waals surface area contributed by atoms with E-state index in [0.29, 0.717) is 23.9 Å². The van der Waals surface area contributed by atoms with E-state index >= 15 is 0 Å². The van der Waals surface area contributed by atoms with Gasteiger partial charge < -0.3 is 23.7 Å². The zero-order chi connectivity index (χ0) is 29.5. The van der Waals surface area contributed by atoms with Crippen LogP contribution >= 0.6 is 0 Å². The number of ether oxygens (including phenoxy) is 2. The summed E-state index contributed by atoms with van der Waals surface area (Å²) < 4.78 is 15.2. The van der Waals surface area contributed by atoms with E-state index in [1.54, 1.807) is 32.5 Å². The number of carboxylic acid groups (broad SMARTS) is 1. The Hall–Kier alpha value is -4.33. The number of allylic oxidation sites excluding steroid dienone is 1. The first kappa shape index (κ1) is 27.8. The van der Waals surface area contributed by atoms with Gasteiger partial charge in [-0.15, -0.1) is 0 Å². The summed E-state index contributed by atoms with van der Waals surface area (Å²) in [5.41, 5.74) is 7.36. The van der Waals surface area contributed by atoms with Crippen LogP contribution in [0.15, 0.2) is 42.7 Å². The molecule has 0 unspecified atom stereocenters. The van der Waals surface area contributed by atoms with Gasteiger partial charge in [-0.1, -0.05) is 25.3 Å². The van der Waals surface area contributed by atoms with Crippen LogP contribution in [0.5, 0.6) is 5.75 Å². The summed E-state index contributed by atoms with van der Waals surface area (Å²) in [7, 11) is 1.66. The van der Waals surface area contributed by atoms with E-state index in [-0.39, 0.29) is 18.2 Å². The van der Waals surface area contributed by atoms with Crippen LogP contribution in [0.2, 0.25) is 0 Å². The number of carboxylic acids is 1. The first-order chi connectivity index (χ1) is 20.3. The Morgan fingerprint density at radius 2 is 1.88 bits per heavy atom. The molecule has 3 heterocycles. The lowest BCUT2D eigenvalue weighted by Gasteiger charge is -2.24. The third-order valence-corrected chi connectivity index (χ3v) is 8.66. The number of benzene rings is 2. The summed E-state index contributed by atoms with van der Waals surface area (Å²) in [4.78, 5) is 30.2. The van der Waals surface area contributed by atoms with Gasteiger partial charge in [0.15, 0.2) is 5.69 Å². The zero-order valence-electron chi connectivity index (χ0n) is 24.6. The minimum atomic E-state index is -0.957. The number of fused-ring (bicyclic) bond motifs is 5. The molecule has 0 saturated heterocycles. The van der Waals surface area contributed by atoms with Crippen molar-refractivity contribution >= 4 is 34.5 Å². The molecule has 2 aliphatic rings. The number of imidazole rings is 1. The van der Waals surface area contributed by atoms with Crippen LogP contribution in [0.1, 0.15) is 103 Å². The number of aromatic nitrogens is 3. The molecular formula is C34H37N3O5. The lowest BCUT2D eigenvalue weighted by atomic mass is 9.81. The van der Waals surface area contributed by atoms with E-state index in [1.807, 2.05) is 36.6 Å². The van der Waals surface area contributed by atoms with Gasteiger partial charge in [-0.05, 0) is 87.1 Å². The molecule has 1 saturated carbocycles. The van der Waals surface area contributed by atoms with Crippen LogP contribution < -0.4 is 4.74 Å². The van der Waals surface area contributed by atoms with Gasteiger partial charge in [-0.25, -0.2) is 14.6 Å². The highest BCUT2D eigenvalue weighted by molar-refractivity contribution is 6.02. The molecule has 218 valence electrons. The van der Waals surface area contributed by atoms with Gasteiger partial charge in [0.05, 0.1) is 37.8 Å². The van der Waals surface area contributed by atoms with Crippen molar-refractivity contribution in [3.63, 3.8) is 0 Å². The van der Waals surface area contributed by atoms with Crippen LogP contribution in [-0.4, -0.2) is 44.9 Å². The Morgan fingerprint density at radius 1 is 1.10 bits per heavy atom. The summed E-state index contributed by atoms with van der Waals surface area (Å²) in [6.45, 7) is 6.50. The Labute approximate surface area is 245 Å². The van der Waals surface area contributed by atoms with E-state index in [4.69, 9.17) is 14.5 Å². The van der Waals surface area contributed by atoms with E-state index in [0.717, 1.165) is 51.9 Å². The molecular weight excluding hydrogens is 530 g/mol. The lowest BCUT2D eigenvalue weighted by Crippen LogP contribution is -2.16. The number of carbonyl (C=O) groups excluding carboxylic acids is 1. The number of esters is 1. The number of nitrogens with zero attached hydrogens (tertiary/aromatic N) is 3. The molecule has 1 N–H and O–H groups in total. The number of carbonyl (C=O) groups is 2. The van der Waals surface area contributed by atoms with Gasteiger partial charge in [0, 0.05) is 28.1 Å². The van der Waals surface area contributed by atoms with Gasteiger partial charge in [-0.2, -0.15) is 0 Å². The predicted octanol–water partition coefficient (Wildman–Crippen LogP) is 7.57. The molecule has 42 heavy (non-hydrogen) atoms. The maximum atomic E-state index is 13.3. The van der Waals surface area contributed by atoms with E-state index < -0.39 is 11.9 Å². The summed E-state index contributed by atoms with van der Waals surface area (Å²) in [5, 5.41) is 11.0. The Bertz CT molecular complexity index is 1720. The smallest absolute Gasteiger partial charge is 0.357 e. The van der Waals surface area contributed by atoms with E-state index in [9.17, 15) is 14.7 Å². The molecule has 1 aliphatic heterocycles. The SMILES string of the molecule is CCOC(=O)c1c(C2=Cc3cc(OC)ccc3-c3c(C4CCCCC4)c4ccc(C(=O)O)cc4n3C2)ncn1C(C)C. The second-order valence-corrected chi connectivity index (χ2v) is 11.5. The molecule has 1 aliphatic carbocycles. The average Bonchev–Trinajstić information content (AvgIpc) is 3.52. The molecule has 0 atom stereocenters. The molecule has 4 aromatic rings. The van der Waals surface area contributed by atoms with Crippen molar-refractivity contribution in [3.8, 4) is 17.0 Å². The molecule has 6 rings (SSSR count). The third-order valence-electron chi connectivity index (χ3n) is 8.66. The number of aromatic carboxylic acids is 1. The van der Waals surface area contributed by atoms with Crippen molar-refractivity contribution in [2.24, 2.45) is 0 Å². The molecule has 0 bridgehead atoms. The highest BCUT2D eigenvalue weighted by Gasteiger charge is 2.32. The summed E-state index contributed by atoms with van der Waals surface area (Å²) in [6, 6.07) is 11.6. The van der Waals surface area contributed by atoms with Gasteiger partial charge in [-0.3, -0.25) is 0 Å². The first-order valence-electron chi connectivity index (χ1n) is 14.8. The van der Waals surface area contributed by atoms with Crippen molar-refractivity contribution in [2.75, 3.05) is 13.7 Å². The highest BCUT2D eigenvalue weighted by atomic mass is 16.5. The number of hydrogen-bond donors (Lipinski definition) is 1. The lowest BCUT2D eigenvalue weighted by molar-refractivity contribution is 0.0511. The minimum absolute atomic E-state index is 0.00316. The summed E-state index contributed by atoms with van der Waals surface area (Å²) in [6.07, 6.45) is 9.60. The normalized spacial score (nSPS) is 15.2. The van der Waals surface area contributed by atoms with Gasteiger partial charge in [0.1, 0.15) is 11.4 Å². The molecule has 8 nitrogen and oxygen atoms in total. The fourth-order valence-electron chi connectivity index (χ4n) is 6.71. The first-order valence-corrected chi connectivity index (χ1v) is 14.8. The average molecular weight is 568 g/mol. The Kier molecular flexibility index (Phi) is 7.39. The predicted molar refractivity (Wildman–Crippen MR) is 163 cm³/mol. The molecule has 2 aromatic heterocycles. The van der Waals surface area contributed by atoms with Crippen molar-refractivity contribution in [1.82, 2.24) is 14.1 Å². The van der Waals surface area contributed by atoms with Gasteiger partial charge in [0.2, 0.25) is 0 Å². The number of methoxy groups -OCH3 is 1. The standard InChI is InChI=1S/C34H37N3O5/c1-5-42-34(40)32-30(35-19-37(32)20(2)3)24-15-23-16-25(41-4)12-14-26(23)31-29(21-9-7-6-8-10-21)27-13-11-22(33(38)39)17-28(27)36(31)18-24/h11-17,19-21H,5-10,18H2,1-4H3,(H,38,39). The van der Waals surface area contributed by atoms with Crippen molar-refractivity contribution in [3.05, 3.63) is 70.8 Å². The Balaban J connectivity index is 1.66. The van der Waals surface area contributed by atoms with Crippen LogP contribution in [0.3, 0.4) is 0 Å². The van der Waals surface area contributed by atoms with Gasteiger partial charge in [0.25, 0.3) is 0 Å². The van der Waals surface area contributed by atoms with Crippen molar-refractivity contribution < 1.29 is 24.2 Å². The molecule has 0 radical (unpaired) electrons. The van der Waals surface area contributed by atoms with Crippen molar-refractivity contribution in [2.45, 2.75) is 71.4 Å². The topological polar surface area (TPSA) is 95.6 Å². The second-order valence-electron chi connectivity index (χ2n) is 11.5. The maximum absolute atomic E-state index is 13.3. The molecule has 8 heteroatoms. The van der Waals surface area contributed by atoms with Crippen LogP contribution in [-0.2, 0) is 11.3 Å². The van der Waals surface area contributed by atoms with Crippen LogP contribution in [0, 0.1) is 0 Å². The molecule has 2 aromatic carbocycles. The van der Waals surface area contributed by atoms with Crippen molar-refractivity contribution in [1.29, 1.82) is 0 Å². The van der Waals surface area contributed by atoms with Gasteiger partial charge >= 0.3 is 11.9 Å². The number of rotatable bonds is 7. The monoisotopic (exact) mass is 567 g/mol. The second kappa shape index (κ2) is 11.2. The fraction of sp³-hybridized carbons (Fsp3) is 0.382. The fourth-order valence-corrected chi connectivity index (χ4v) is 6.71. The van der Waals surface area contributed by atoms with Crippen LogP contribution in [0.25, 0.3) is 33.8 Å². The maximum Gasteiger partial charge on any atom is 0.357 e. The number of hydrogen-bond acceptors (Lipinski definition) is 5. The Morgan fingerprint density at radius 3 is 2.57 bits per heavy atom. The van der Waals surface area contributed by atoms with E-state index in [1.165, 1.54) is 24.8 Å². The highest BCUT2D eigenvalue weighted by Crippen LogP contribution is 2.48. The molecule has 1 fully saturated rings. The summed E-state index contributed by atoms with van der Waals surface area (Å²) in [5.74, 6) is -0.260. The minimum Gasteiger partial charge on any atom is -0.497 e. The zero-order valence-corrected chi connectivity index (χ0v) is 24.6. The molecule has 0 amide bonds. The summed E-state index contributed by atoms with van der Waals surface area (Å²) >= 11 is 0. The van der Waals surface area contributed by atoms with Crippen LogP contribution in [0.4, 0.5) is 0 Å². The molecule has 0 spiro atoms.